The quantitative estimate of drug-likeness (QED) is 0.727. The van der Waals surface area contributed by atoms with Crippen LogP contribution in [0.5, 0.6) is 0 Å². The fourth-order valence-electron chi connectivity index (χ4n) is 1.90. The van der Waals surface area contributed by atoms with Crippen molar-refractivity contribution < 1.29 is 14.3 Å². The molecular formula is C14H18N2O3. The number of carbonyl (C=O) groups excluding carboxylic acids is 2. The lowest BCUT2D eigenvalue weighted by Gasteiger charge is -2.22. The van der Waals surface area contributed by atoms with Crippen LogP contribution in [0.15, 0.2) is 24.5 Å². The van der Waals surface area contributed by atoms with Crippen molar-refractivity contribution in [3.63, 3.8) is 0 Å². The minimum atomic E-state index is -0.292. The molecule has 1 aromatic heterocycles. The van der Waals surface area contributed by atoms with E-state index in [0.29, 0.717) is 13.1 Å². The molecule has 0 saturated heterocycles. The maximum atomic E-state index is 12.2. The molecule has 0 unspecified atom stereocenters. The molecule has 102 valence electrons. The zero-order valence-corrected chi connectivity index (χ0v) is 11.0. The number of carbonyl (C=O) groups is 2. The highest BCUT2D eigenvalue weighted by atomic mass is 16.5. The van der Waals surface area contributed by atoms with Crippen LogP contribution in [0.2, 0.25) is 0 Å². The van der Waals surface area contributed by atoms with Crippen LogP contribution in [0, 0.1) is 5.92 Å². The summed E-state index contributed by atoms with van der Waals surface area (Å²) >= 11 is 0. The van der Waals surface area contributed by atoms with Gasteiger partial charge in [0.05, 0.1) is 13.5 Å². The van der Waals surface area contributed by atoms with Gasteiger partial charge in [0.1, 0.15) is 0 Å². The Labute approximate surface area is 112 Å². The fourth-order valence-corrected chi connectivity index (χ4v) is 1.90. The minimum absolute atomic E-state index is 0.132. The van der Waals surface area contributed by atoms with Gasteiger partial charge in [-0.2, -0.15) is 0 Å². The minimum Gasteiger partial charge on any atom is -0.469 e. The van der Waals surface area contributed by atoms with E-state index in [1.54, 1.807) is 17.3 Å². The van der Waals surface area contributed by atoms with Crippen LogP contribution in [-0.2, 0) is 20.9 Å². The van der Waals surface area contributed by atoms with Gasteiger partial charge >= 0.3 is 5.97 Å². The van der Waals surface area contributed by atoms with Crippen LogP contribution in [0.1, 0.15) is 24.8 Å². The Kier molecular flexibility index (Phi) is 4.49. The van der Waals surface area contributed by atoms with Gasteiger partial charge in [-0.25, -0.2) is 0 Å². The molecule has 19 heavy (non-hydrogen) atoms. The Morgan fingerprint density at radius 2 is 2.26 bits per heavy atom. The zero-order valence-electron chi connectivity index (χ0n) is 11.0. The molecule has 1 heterocycles. The van der Waals surface area contributed by atoms with Crippen molar-refractivity contribution in [1.82, 2.24) is 9.88 Å². The summed E-state index contributed by atoms with van der Waals surface area (Å²) in [6.45, 7) is 0.900. The SMILES string of the molecule is COC(=O)CCN(Cc1cccnc1)C(=O)C1CC1. The standard InChI is InChI=1S/C14H18N2O3/c1-19-13(17)6-8-16(14(18)12-4-5-12)10-11-3-2-7-15-9-11/h2-3,7,9,12H,4-6,8,10H2,1H3. The Morgan fingerprint density at radius 1 is 1.47 bits per heavy atom. The van der Waals surface area contributed by atoms with Crippen molar-refractivity contribution in [2.75, 3.05) is 13.7 Å². The second kappa shape index (κ2) is 6.31. The van der Waals surface area contributed by atoms with Crippen LogP contribution < -0.4 is 0 Å². The number of hydrogen-bond acceptors (Lipinski definition) is 4. The second-order valence-corrected chi connectivity index (χ2v) is 4.72. The van der Waals surface area contributed by atoms with Gasteiger partial charge in [0.2, 0.25) is 5.91 Å². The zero-order chi connectivity index (χ0) is 13.7. The first kappa shape index (κ1) is 13.5. The molecule has 1 fully saturated rings. The van der Waals surface area contributed by atoms with Crippen molar-refractivity contribution in [3.8, 4) is 0 Å². The monoisotopic (exact) mass is 262 g/mol. The van der Waals surface area contributed by atoms with Crippen molar-refractivity contribution in [2.45, 2.75) is 25.8 Å². The molecule has 5 nitrogen and oxygen atoms in total. The Hall–Kier alpha value is -1.91. The van der Waals surface area contributed by atoms with E-state index in [4.69, 9.17) is 0 Å². The van der Waals surface area contributed by atoms with Crippen molar-refractivity contribution in [3.05, 3.63) is 30.1 Å². The molecule has 1 amide bonds. The number of esters is 1. The number of methoxy groups -OCH3 is 1. The first-order chi connectivity index (χ1) is 9.20. The van der Waals surface area contributed by atoms with Gasteiger partial charge < -0.3 is 9.64 Å². The third kappa shape index (κ3) is 4.05. The molecule has 0 aliphatic heterocycles. The molecule has 1 saturated carbocycles. The van der Waals surface area contributed by atoms with Crippen LogP contribution in [0.25, 0.3) is 0 Å². The number of aromatic nitrogens is 1. The summed E-state index contributed by atoms with van der Waals surface area (Å²) in [5, 5.41) is 0. The fraction of sp³-hybridized carbons (Fsp3) is 0.500. The number of ether oxygens (including phenoxy) is 1. The van der Waals surface area contributed by atoms with E-state index in [-0.39, 0.29) is 24.2 Å². The predicted octanol–water partition coefficient (Wildman–Crippen LogP) is 1.38. The summed E-state index contributed by atoms with van der Waals surface area (Å²) in [6, 6.07) is 3.77. The van der Waals surface area contributed by atoms with E-state index >= 15 is 0 Å². The lowest BCUT2D eigenvalue weighted by atomic mass is 10.2. The van der Waals surface area contributed by atoms with Gasteiger partial charge in [-0.3, -0.25) is 14.6 Å². The van der Waals surface area contributed by atoms with Gasteiger partial charge in [-0.15, -0.1) is 0 Å². The lowest BCUT2D eigenvalue weighted by Crippen LogP contribution is -2.33. The summed E-state index contributed by atoms with van der Waals surface area (Å²) in [5.41, 5.74) is 0.973. The van der Waals surface area contributed by atoms with E-state index in [0.717, 1.165) is 18.4 Å². The molecule has 2 rings (SSSR count). The maximum absolute atomic E-state index is 12.2. The average molecular weight is 262 g/mol. The highest BCUT2D eigenvalue weighted by molar-refractivity contribution is 5.81. The number of pyridine rings is 1. The summed E-state index contributed by atoms with van der Waals surface area (Å²) in [5.74, 6) is -0.0122. The summed E-state index contributed by atoms with van der Waals surface area (Å²) in [6.07, 6.45) is 5.59. The molecule has 1 aliphatic rings. The number of rotatable bonds is 6. The number of amides is 1. The highest BCUT2D eigenvalue weighted by Gasteiger charge is 2.33. The highest BCUT2D eigenvalue weighted by Crippen LogP contribution is 2.31. The van der Waals surface area contributed by atoms with Gasteiger partial charge in [-0.1, -0.05) is 6.07 Å². The molecule has 0 spiro atoms. The smallest absolute Gasteiger partial charge is 0.307 e. The van der Waals surface area contributed by atoms with E-state index < -0.39 is 0 Å². The largest absolute Gasteiger partial charge is 0.469 e. The number of hydrogen-bond donors (Lipinski definition) is 0. The van der Waals surface area contributed by atoms with Gasteiger partial charge in [-0.05, 0) is 24.5 Å². The van der Waals surface area contributed by atoms with Gasteiger partial charge in [0, 0.05) is 31.4 Å². The van der Waals surface area contributed by atoms with Crippen LogP contribution in [0.4, 0.5) is 0 Å². The van der Waals surface area contributed by atoms with Crippen molar-refractivity contribution in [1.29, 1.82) is 0 Å². The molecule has 0 atom stereocenters. The Bertz CT molecular complexity index is 443. The van der Waals surface area contributed by atoms with E-state index in [1.165, 1.54) is 7.11 Å². The molecule has 0 aromatic carbocycles. The number of nitrogens with zero attached hydrogens (tertiary/aromatic N) is 2. The van der Waals surface area contributed by atoms with E-state index in [2.05, 4.69) is 9.72 Å². The van der Waals surface area contributed by atoms with Crippen LogP contribution >= 0.6 is 0 Å². The topological polar surface area (TPSA) is 59.5 Å². The van der Waals surface area contributed by atoms with Crippen LogP contribution in [-0.4, -0.2) is 35.4 Å². The van der Waals surface area contributed by atoms with E-state index in [1.807, 2.05) is 12.1 Å². The second-order valence-electron chi connectivity index (χ2n) is 4.72. The first-order valence-corrected chi connectivity index (χ1v) is 6.45. The molecule has 0 bridgehead atoms. The third-order valence-electron chi connectivity index (χ3n) is 3.15. The summed E-state index contributed by atoms with van der Waals surface area (Å²) in [4.78, 5) is 29.1. The third-order valence-corrected chi connectivity index (χ3v) is 3.15. The molecule has 5 heteroatoms. The van der Waals surface area contributed by atoms with E-state index in [9.17, 15) is 9.59 Å². The normalized spacial score (nSPS) is 13.9. The predicted molar refractivity (Wildman–Crippen MR) is 69.0 cm³/mol. The lowest BCUT2D eigenvalue weighted by molar-refractivity contribution is -0.142. The Balaban J connectivity index is 1.97. The van der Waals surface area contributed by atoms with Crippen LogP contribution in [0.3, 0.4) is 0 Å². The average Bonchev–Trinajstić information content (AvgIpc) is 3.28. The molecule has 1 aliphatic carbocycles. The van der Waals surface area contributed by atoms with Crippen molar-refractivity contribution in [2.24, 2.45) is 5.92 Å². The maximum Gasteiger partial charge on any atom is 0.307 e. The van der Waals surface area contributed by atoms with Gasteiger partial charge in [0.15, 0.2) is 0 Å². The van der Waals surface area contributed by atoms with Gasteiger partial charge in [0.25, 0.3) is 0 Å². The molecule has 0 N–H and O–H groups in total. The summed E-state index contributed by atoms with van der Waals surface area (Å²) < 4.78 is 4.62. The molecule has 1 aromatic rings. The van der Waals surface area contributed by atoms with Crippen molar-refractivity contribution >= 4 is 11.9 Å². The first-order valence-electron chi connectivity index (χ1n) is 6.45. The Morgan fingerprint density at radius 3 is 2.84 bits per heavy atom. The molecule has 0 radical (unpaired) electrons. The molecular weight excluding hydrogens is 244 g/mol. The summed E-state index contributed by atoms with van der Waals surface area (Å²) in [7, 11) is 1.36.